The first-order valence-electron chi connectivity index (χ1n) is 9.58. The van der Waals surface area contributed by atoms with E-state index < -0.39 is 22.0 Å². The van der Waals surface area contributed by atoms with Crippen molar-refractivity contribution in [1.29, 1.82) is 0 Å². The van der Waals surface area contributed by atoms with Crippen LogP contribution in [0.3, 0.4) is 0 Å². The first-order chi connectivity index (χ1) is 14.0. The second-order valence-corrected chi connectivity index (χ2v) is 9.23. The molecule has 0 unspecified atom stereocenters. The van der Waals surface area contributed by atoms with Crippen molar-refractivity contribution in [2.45, 2.75) is 39.8 Å². The fourth-order valence-corrected chi connectivity index (χ4v) is 4.50. The summed E-state index contributed by atoms with van der Waals surface area (Å²) in [7, 11) is -0.590. The third-order valence-corrected chi connectivity index (χ3v) is 6.18. The number of anilines is 1. The summed E-state index contributed by atoms with van der Waals surface area (Å²) in [5, 5.41) is 2.90. The van der Waals surface area contributed by atoms with E-state index in [0.717, 1.165) is 22.9 Å². The summed E-state index contributed by atoms with van der Waals surface area (Å²) >= 11 is 0. The van der Waals surface area contributed by atoms with Crippen LogP contribution in [0.15, 0.2) is 36.4 Å². The van der Waals surface area contributed by atoms with E-state index in [-0.39, 0.29) is 6.04 Å². The van der Waals surface area contributed by atoms with Gasteiger partial charge in [0.2, 0.25) is 15.9 Å². The minimum atomic E-state index is -3.69. The zero-order valence-corrected chi connectivity index (χ0v) is 19.3. The smallest absolute Gasteiger partial charge is 0.244 e. The van der Waals surface area contributed by atoms with E-state index in [9.17, 15) is 13.2 Å². The molecular weight excluding hydrogens is 404 g/mol. The molecule has 2 rings (SSSR count). The third-order valence-electron chi connectivity index (χ3n) is 4.96. The van der Waals surface area contributed by atoms with Crippen molar-refractivity contribution >= 4 is 21.6 Å². The molecular formula is C22H30N2O5S. The Morgan fingerprint density at radius 1 is 1.00 bits per heavy atom. The molecule has 0 saturated carbocycles. The Kier molecular flexibility index (Phi) is 7.36. The van der Waals surface area contributed by atoms with Crippen molar-refractivity contribution in [2.75, 3.05) is 24.8 Å². The van der Waals surface area contributed by atoms with Crippen LogP contribution in [0.1, 0.15) is 36.6 Å². The number of sulfonamides is 1. The molecule has 30 heavy (non-hydrogen) atoms. The molecule has 0 bridgehead atoms. The fourth-order valence-electron chi connectivity index (χ4n) is 3.28. The number of hydrogen-bond donors (Lipinski definition) is 1. The lowest BCUT2D eigenvalue weighted by atomic mass is 10.1. The molecule has 0 radical (unpaired) electrons. The van der Waals surface area contributed by atoms with Gasteiger partial charge in [-0.1, -0.05) is 18.2 Å². The minimum Gasteiger partial charge on any atom is -0.493 e. The van der Waals surface area contributed by atoms with Gasteiger partial charge in [-0.05, 0) is 62.6 Å². The van der Waals surface area contributed by atoms with Gasteiger partial charge < -0.3 is 14.8 Å². The zero-order valence-electron chi connectivity index (χ0n) is 18.5. The highest BCUT2D eigenvalue weighted by Gasteiger charge is 2.31. The number of aryl methyl sites for hydroxylation is 2. The van der Waals surface area contributed by atoms with Crippen molar-refractivity contribution in [2.24, 2.45) is 0 Å². The number of benzene rings is 2. The van der Waals surface area contributed by atoms with Crippen molar-refractivity contribution in [3.8, 4) is 11.5 Å². The first kappa shape index (κ1) is 23.5. The second-order valence-electron chi connectivity index (χ2n) is 7.37. The Morgan fingerprint density at radius 3 is 2.20 bits per heavy atom. The standard InChI is InChI=1S/C22H30N2O5S/c1-14-8-9-15(2)19(12-14)24(30(7,26)27)17(4)22(25)23-16(3)18-10-11-20(28-5)21(13-18)29-6/h8-13,16-17H,1-7H3,(H,23,25)/t16-,17+/m1/s1. The number of hydrogen-bond acceptors (Lipinski definition) is 5. The van der Waals surface area contributed by atoms with Crippen LogP contribution in [-0.4, -0.2) is 40.8 Å². The Balaban J connectivity index is 2.30. The SMILES string of the molecule is COc1ccc([C@@H](C)NC(=O)[C@H](C)N(c2cc(C)ccc2C)S(C)(=O)=O)cc1OC. The summed E-state index contributed by atoms with van der Waals surface area (Å²) < 4.78 is 36.9. The van der Waals surface area contributed by atoms with Crippen LogP contribution in [-0.2, 0) is 14.8 Å². The lowest BCUT2D eigenvalue weighted by molar-refractivity contribution is -0.122. The quantitative estimate of drug-likeness (QED) is 0.689. The molecule has 164 valence electrons. The Morgan fingerprint density at radius 2 is 1.63 bits per heavy atom. The van der Waals surface area contributed by atoms with E-state index in [1.165, 1.54) is 4.31 Å². The Bertz CT molecular complexity index is 1020. The number of methoxy groups -OCH3 is 2. The molecule has 2 atom stereocenters. The van der Waals surface area contributed by atoms with E-state index in [4.69, 9.17) is 9.47 Å². The third kappa shape index (κ3) is 5.24. The lowest BCUT2D eigenvalue weighted by Crippen LogP contribution is -2.48. The number of amides is 1. The van der Waals surface area contributed by atoms with Crippen molar-refractivity contribution in [3.05, 3.63) is 53.1 Å². The maximum Gasteiger partial charge on any atom is 0.244 e. The van der Waals surface area contributed by atoms with Gasteiger partial charge in [0.05, 0.1) is 32.2 Å². The molecule has 7 nitrogen and oxygen atoms in total. The van der Waals surface area contributed by atoms with Crippen molar-refractivity contribution in [3.63, 3.8) is 0 Å². The van der Waals surface area contributed by atoms with Crippen LogP contribution in [0.4, 0.5) is 5.69 Å². The van der Waals surface area contributed by atoms with Gasteiger partial charge in [0.1, 0.15) is 6.04 Å². The monoisotopic (exact) mass is 434 g/mol. The average molecular weight is 435 g/mol. The van der Waals surface area contributed by atoms with Gasteiger partial charge in [-0.2, -0.15) is 0 Å². The highest BCUT2D eigenvalue weighted by atomic mass is 32.2. The maximum absolute atomic E-state index is 13.0. The average Bonchev–Trinajstić information content (AvgIpc) is 2.68. The van der Waals surface area contributed by atoms with Gasteiger partial charge in [-0.25, -0.2) is 8.42 Å². The molecule has 0 aromatic heterocycles. The van der Waals surface area contributed by atoms with E-state index in [1.54, 1.807) is 39.3 Å². The molecule has 1 amide bonds. The van der Waals surface area contributed by atoms with Gasteiger partial charge in [0, 0.05) is 0 Å². The van der Waals surface area contributed by atoms with Crippen LogP contribution in [0.5, 0.6) is 11.5 Å². The topological polar surface area (TPSA) is 84.9 Å². The predicted molar refractivity (Wildman–Crippen MR) is 119 cm³/mol. The summed E-state index contributed by atoms with van der Waals surface area (Å²) in [4.78, 5) is 13.0. The van der Waals surface area contributed by atoms with Gasteiger partial charge in [0.25, 0.3) is 0 Å². The Labute approximate surface area is 179 Å². The number of ether oxygens (including phenoxy) is 2. The molecule has 0 saturated heterocycles. The van der Waals surface area contributed by atoms with Crippen LogP contribution in [0.25, 0.3) is 0 Å². The van der Waals surface area contributed by atoms with Gasteiger partial charge >= 0.3 is 0 Å². The number of carbonyl (C=O) groups is 1. The Hall–Kier alpha value is -2.74. The van der Waals surface area contributed by atoms with E-state index in [0.29, 0.717) is 17.2 Å². The van der Waals surface area contributed by atoms with Gasteiger partial charge in [0.15, 0.2) is 11.5 Å². The zero-order chi connectivity index (χ0) is 22.6. The van der Waals surface area contributed by atoms with Crippen molar-refractivity contribution < 1.29 is 22.7 Å². The normalized spacial score (nSPS) is 13.3. The number of nitrogens with one attached hydrogen (secondary N) is 1. The highest BCUT2D eigenvalue weighted by Crippen LogP contribution is 2.30. The molecule has 0 fully saturated rings. The first-order valence-corrected chi connectivity index (χ1v) is 11.4. The maximum atomic E-state index is 13.0. The van der Waals surface area contributed by atoms with E-state index >= 15 is 0 Å². The summed E-state index contributed by atoms with van der Waals surface area (Å²) in [5.74, 6) is 0.743. The minimum absolute atomic E-state index is 0.361. The summed E-state index contributed by atoms with van der Waals surface area (Å²) in [6, 6.07) is 9.62. The summed E-state index contributed by atoms with van der Waals surface area (Å²) in [6.45, 7) is 7.12. The molecule has 2 aromatic carbocycles. The molecule has 0 spiro atoms. The molecule has 0 aliphatic rings. The molecule has 0 aliphatic heterocycles. The number of nitrogens with zero attached hydrogens (tertiary/aromatic N) is 1. The summed E-state index contributed by atoms with van der Waals surface area (Å²) in [6.07, 6.45) is 1.11. The lowest BCUT2D eigenvalue weighted by Gasteiger charge is -2.30. The highest BCUT2D eigenvalue weighted by molar-refractivity contribution is 7.92. The van der Waals surface area contributed by atoms with Crippen LogP contribution in [0, 0.1) is 13.8 Å². The fraction of sp³-hybridized carbons (Fsp3) is 0.409. The molecule has 8 heteroatoms. The molecule has 0 heterocycles. The van der Waals surface area contributed by atoms with E-state index in [1.807, 2.05) is 39.0 Å². The predicted octanol–water partition coefficient (Wildman–Crippen LogP) is 3.35. The second kappa shape index (κ2) is 9.38. The van der Waals surface area contributed by atoms with Gasteiger partial charge in [-0.3, -0.25) is 9.10 Å². The molecule has 0 aliphatic carbocycles. The summed E-state index contributed by atoms with van der Waals surface area (Å²) in [5.41, 5.74) is 3.00. The molecule has 2 aromatic rings. The van der Waals surface area contributed by atoms with Crippen LogP contribution in [0.2, 0.25) is 0 Å². The number of carbonyl (C=O) groups excluding carboxylic acids is 1. The largest absolute Gasteiger partial charge is 0.493 e. The van der Waals surface area contributed by atoms with Crippen LogP contribution >= 0.6 is 0 Å². The van der Waals surface area contributed by atoms with Crippen LogP contribution < -0.4 is 19.1 Å². The van der Waals surface area contributed by atoms with Gasteiger partial charge in [-0.15, -0.1) is 0 Å². The van der Waals surface area contributed by atoms with E-state index in [2.05, 4.69) is 5.32 Å². The number of rotatable bonds is 8. The molecule has 1 N–H and O–H groups in total. The van der Waals surface area contributed by atoms with Crippen molar-refractivity contribution in [1.82, 2.24) is 5.32 Å².